The molecule has 1 fully saturated rings. The van der Waals surface area contributed by atoms with E-state index in [2.05, 4.69) is 20.2 Å². The highest BCUT2D eigenvalue weighted by Gasteiger charge is 2.34. The molecule has 226 valence electrons. The number of aromatic amines is 1. The lowest BCUT2D eigenvalue weighted by Crippen LogP contribution is -2.44. The van der Waals surface area contributed by atoms with E-state index in [1.54, 1.807) is 18.5 Å². The van der Waals surface area contributed by atoms with Crippen molar-refractivity contribution in [3.05, 3.63) is 107 Å². The molecule has 0 spiro atoms. The molecule has 1 amide bonds. The van der Waals surface area contributed by atoms with Gasteiger partial charge in [0.2, 0.25) is 0 Å². The fraction of sp³-hybridized carbons (Fsp3) is 0.273. The molecule has 11 heteroatoms. The van der Waals surface area contributed by atoms with Crippen LogP contribution in [0.15, 0.2) is 73.2 Å². The minimum absolute atomic E-state index is 0.0519. The smallest absolute Gasteiger partial charge is 0.358 e. The maximum Gasteiger partial charge on any atom is 0.416 e. The van der Waals surface area contributed by atoms with Gasteiger partial charge in [-0.3, -0.25) is 14.7 Å². The number of fused-ring (bicyclic) bond motifs is 1. The van der Waals surface area contributed by atoms with E-state index in [1.165, 1.54) is 12.1 Å². The number of aromatic nitrogens is 4. The third-order valence-corrected chi connectivity index (χ3v) is 8.01. The van der Waals surface area contributed by atoms with E-state index in [0.29, 0.717) is 31.0 Å². The third-order valence-electron chi connectivity index (χ3n) is 8.01. The van der Waals surface area contributed by atoms with Crippen LogP contribution in [0.1, 0.15) is 38.4 Å². The number of pyridine rings is 1. The fourth-order valence-electron chi connectivity index (χ4n) is 5.46. The van der Waals surface area contributed by atoms with Crippen LogP contribution in [-0.2, 0) is 19.1 Å². The summed E-state index contributed by atoms with van der Waals surface area (Å²) in [6, 6.07) is 14.9. The molecule has 3 aromatic heterocycles. The third kappa shape index (κ3) is 6.48. The number of rotatable bonds is 7. The molecule has 44 heavy (non-hydrogen) atoms. The van der Waals surface area contributed by atoms with Crippen LogP contribution in [0.3, 0.4) is 0 Å². The van der Waals surface area contributed by atoms with Gasteiger partial charge >= 0.3 is 6.18 Å². The minimum atomic E-state index is -4.58. The number of hydrogen-bond acceptors (Lipinski definition) is 6. The highest BCUT2D eigenvalue weighted by molar-refractivity contribution is 6.04. The summed E-state index contributed by atoms with van der Waals surface area (Å²) >= 11 is 0. The molecule has 0 bridgehead atoms. The Hall–Kier alpha value is -4.61. The number of carbonyl (C=O) groups is 1. The largest absolute Gasteiger partial charge is 0.416 e. The van der Waals surface area contributed by atoms with Crippen molar-refractivity contribution in [1.29, 1.82) is 0 Å². The number of alkyl halides is 3. The molecule has 2 N–H and O–H groups in total. The molecule has 2 aromatic carbocycles. The first-order chi connectivity index (χ1) is 21.1. The number of anilines is 1. The Kier molecular flexibility index (Phi) is 8.15. The Balaban J connectivity index is 1.22. The Morgan fingerprint density at radius 1 is 1.00 bits per heavy atom. The second-order valence-corrected chi connectivity index (χ2v) is 11.2. The SMILES string of the molecule is Cc1ccc(NC(=O)c2ccc(CN3CCN(C)CC3)c(C(F)(F)F)c2)cc1Cc1nc(-c2cccnc2)c2[nH]ccc2n1. The van der Waals surface area contributed by atoms with Crippen molar-refractivity contribution >= 4 is 22.6 Å². The van der Waals surface area contributed by atoms with Crippen LogP contribution in [0.2, 0.25) is 0 Å². The molecular weight excluding hydrogens is 567 g/mol. The molecule has 0 saturated carbocycles. The first-order valence-corrected chi connectivity index (χ1v) is 14.4. The van der Waals surface area contributed by atoms with E-state index in [-0.39, 0.29) is 17.7 Å². The zero-order chi connectivity index (χ0) is 30.8. The lowest BCUT2D eigenvalue weighted by Gasteiger charge is -2.33. The zero-order valence-electron chi connectivity index (χ0n) is 24.4. The Morgan fingerprint density at radius 2 is 1.82 bits per heavy atom. The number of halogens is 3. The summed E-state index contributed by atoms with van der Waals surface area (Å²) in [5.41, 5.74) is 4.83. The second-order valence-electron chi connectivity index (χ2n) is 11.2. The average Bonchev–Trinajstić information content (AvgIpc) is 3.48. The maximum atomic E-state index is 14.1. The van der Waals surface area contributed by atoms with E-state index in [4.69, 9.17) is 9.97 Å². The Morgan fingerprint density at radius 3 is 2.57 bits per heavy atom. The molecule has 1 aliphatic heterocycles. The maximum absolute atomic E-state index is 14.1. The number of benzene rings is 2. The first kappa shape index (κ1) is 29.5. The monoisotopic (exact) mass is 599 g/mol. The molecule has 8 nitrogen and oxygen atoms in total. The number of nitrogens with zero attached hydrogens (tertiary/aromatic N) is 5. The molecule has 0 aliphatic carbocycles. The molecule has 0 atom stereocenters. The standard InChI is InChI=1S/C33H32F3N7O/c1-21-5-8-26(16-25(21)18-29-40-28-9-11-38-31(28)30(41-29)23-4-3-10-37-19-23)39-32(44)22-6-7-24(27(17-22)33(34,35)36)20-43-14-12-42(2)13-15-43/h3-11,16-17,19,38H,12-15,18,20H2,1-2H3,(H,39,44). The molecular formula is C33H32F3N7O. The van der Waals surface area contributed by atoms with Gasteiger partial charge < -0.3 is 15.2 Å². The minimum Gasteiger partial charge on any atom is -0.358 e. The zero-order valence-corrected chi connectivity index (χ0v) is 24.4. The van der Waals surface area contributed by atoms with Gasteiger partial charge in [0.1, 0.15) is 5.82 Å². The van der Waals surface area contributed by atoms with Crippen molar-refractivity contribution in [1.82, 2.24) is 29.7 Å². The van der Waals surface area contributed by atoms with Crippen molar-refractivity contribution in [3.63, 3.8) is 0 Å². The van der Waals surface area contributed by atoms with Crippen molar-refractivity contribution in [2.75, 3.05) is 38.5 Å². The van der Waals surface area contributed by atoms with Gasteiger partial charge in [-0.2, -0.15) is 13.2 Å². The number of carbonyl (C=O) groups excluding carboxylic acids is 1. The highest BCUT2D eigenvalue weighted by Crippen LogP contribution is 2.34. The molecule has 1 saturated heterocycles. The summed E-state index contributed by atoms with van der Waals surface area (Å²) in [5.74, 6) is -0.0198. The number of H-pyrrole nitrogens is 1. The Labute approximate surface area is 253 Å². The van der Waals surface area contributed by atoms with E-state index < -0.39 is 17.6 Å². The van der Waals surface area contributed by atoms with Gasteiger partial charge in [-0.25, -0.2) is 9.97 Å². The Bertz CT molecular complexity index is 1800. The summed E-state index contributed by atoms with van der Waals surface area (Å²) in [6.45, 7) is 5.14. The van der Waals surface area contributed by atoms with Crippen molar-refractivity contribution in [2.24, 2.45) is 0 Å². The number of piperazine rings is 1. The predicted octanol–water partition coefficient (Wildman–Crippen LogP) is 5.94. The van der Waals surface area contributed by atoms with Gasteiger partial charge in [-0.1, -0.05) is 12.1 Å². The van der Waals surface area contributed by atoms with Gasteiger partial charge in [0.25, 0.3) is 5.91 Å². The van der Waals surface area contributed by atoms with Gasteiger partial charge in [-0.15, -0.1) is 0 Å². The molecule has 1 aliphatic rings. The molecule has 6 rings (SSSR count). The number of nitrogens with one attached hydrogen (secondary N) is 2. The van der Waals surface area contributed by atoms with E-state index in [9.17, 15) is 18.0 Å². The van der Waals surface area contributed by atoms with Crippen LogP contribution in [0.4, 0.5) is 18.9 Å². The number of likely N-dealkylation sites (N-methyl/N-ethyl adjacent to an activating group) is 1. The second kappa shape index (κ2) is 12.2. The van der Waals surface area contributed by atoms with Gasteiger partial charge in [0, 0.05) is 74.5 Å². The van der Waals surface area contributed by atoms with Crippen molar-refractivity contribution < 1.29 is 18.0 Å². The lowest BCUT2D eigenvalue weighted by molar-refractivity contribution is -0.138. The molecule has 4 heterocycles. The fourth-order valence-corrected chi connectivity index (χ4v) is 5.46. The predicted molar refractivity (Wildman–Crippen MR) is 163 cm³/mol. The van der Waals surface area contributed by atoms with Gasteiger partial charge in [-0.05, 0) is 73.1 Å². The van der Waals surface area contributed by atoms with Crippen LogP contribution >= 0.6 is 0 Å². The first-order valence-electron chi connectivity index (χ1n) is 14.4. The van der Waals surface area contributed by atoms with Crippen LogP contribution in [0, 0.1) is 6.92 Å². The van der Waals surface area contributed by atoms with Crippen LogP contribution < -0.4 is 5.32 Å². The van der Waals surface area contributed by atoms with E-state index in [0.717, 1.165) is 52.6 Å². The normalized spacial score (nSPS) is 14.7. The average molecular weight is 600 g/mol. The number of hydrogen-bond donors (Lipinski definition) is 2. The summed E-state index contributed by atoms with van der Waals surface area (Å²) in [6.07, 6.45) is 1.08. The quantitative estimate of drug-likeness (QED) is 0.241. The summed E-state index contributed by atoms with van der Waals surface area (Å²) in [7, 11) is 2.00. The topological polar surface area (TPSA) is 90.0 Å². The summed E-state index contributed by atoms with van der Waals surface area (Å²) < 4.78 is 42.2. The van der Waals surface area contributed by atoms with Crippen LogP contribution in [0.25, 0.3) is 22.3 Å². The number of aryl methyl sites for hydroxylation is 1. The molecule has 0 radical (unpaired) electrons. The van der Waals surface area contributed by atoms with E-state index in [1.807, 2.05) is 55.4 Å². The molecule has 5 aromatic rings. The van der Waals surface area contributed by atoms with Crippen molar-refractivity contribution in [2.45, 2.75) is 26.1 Å². The van der Waals surface area contributed by atoms with Gasteiger partial charge in [0.15, 0.2) is 0 Å². The van der Waals surface area contributed by atoms with E-state index >= 15 is 0 Å². The highest BCUT2D eigenvalue weighted by atomic mass is 19.4. The summed E-state index contributed by atoms with van der Waals surface area (Å²) in [4.78, 5) is 34.3. The van der Waals surface area contributed by atoms with Crippen molar-refractivity contribution in [3.8, 4) is 11.3 Å². The summed E-state index contributed by atoms with van der Waals surface area (Å²) in [5, 5.41) is 2.78. The number of amides is 1. The lowest BCUT2D eigenvalue weighted by atomic mass is 10.0. The van der Waals surface area contributed by atoms with Crippen LogP contribution in [0.5, 0.6) is 0 Å². The van der Waals surface area contributed by atoms with Crippen LogP contribution in [-0.4, -0.2) is 68.9 Å². The molecule has 0 unspecified atom stereocenters. The van der Waals surface area contributed by atoms with Gasteiger partial charge in [0.05, 0.1) is 22.3 Å².